The molecule has 0 amide bonds. The standard InChI is InChI=1S/C25H30N4OS2/c1-2-3-4-5-11-16-31-25-27-26-24-28(17-18-12-7-6-8-13-18)22(30)21-19-14-9-10-15-20(19)32-23(21)29(24)25/h6-8,12-13H,2-5,9-11,14-17H2,1H3. The van der Waals surface area contributed by atoms with E-state index < -0.39 is 0 Å². The first kappa shape index (κ1) is 21.7. The zero-order valence-electron chi connectivity index (χ0n) is 18.7. The molecule has 7 heteroatoms. The highest BCUT2D eigenvalue weighted by atomic mass is 32.2. The number of aryl methyl sites for hydroxylation is 2. The van der Waals surface area contributed by atoms with E-state index in [1.165, 1.54) is 49.0 Å². The van der Waals surface area contributed by atoms with Crippen LogP contribution >= 0.6 is 23.1 Å². The Kier molecular flexibility index (Phi) is 6.64. The van der Waals surface area contributed by atoms with Crippen LogP contribution in [0.2, 0.25) is 0 Å². The Morgan fingerprint density at radius 3 is 2.69 bits per heavy atom. The summed E-state index contributed by atoms with van der Waals surface area (Å²) in [5, 5.41) is 10.9. The fourth-order valence-corrected chi connectivity index (χ4v) is 7.01. The minimum Gasteiger partial charge on any atom is -0.272 e. The molecular weight excluding hydrogens is 436 g/mol. The van der Waals surface area contributed by atoms with Crippen LogP contribution in [0.15, 0.2) is 40.3 Å². The third-order valence-electron chi connectivity index (χ3n) is 6.34. The quantitative estimate of drug-likeness (QED) is 0.221. The van der Waals surface area contributed by atoms with Gasteiger partial charge in [0.05, 0.1) is 11.9 Å². The Bertz CT molecular complexity index is 1270. The molecule has 1 aliphatic carbocycles. The molecule has 0 spiro atoms. The van der Waals surface area contributed by atoms with Crippen LogP contribution < -0.4 is 5.56 Å². The van der Waals surface area contributed by atoms with Gasteiger partial charge in [-0.15, -0.1) is 21.5 Å². The van der Waals surface area contributed by atoms with Gasteiger partial charge in [-0.25, -0.2) is 4.40 Å². The Balaban J connectivity index is 1.58. The van der Waals surface area contributed by atoms with Crippen LogP contribution in [0.1, 0.15) is 67.9 Å². The first-order valence-corrected chi connectivity index (χ1v) is 13.7. The lowest BCUT2D eigenvalue weighted by atomic mass is 9.97. The normalized spacial score (nSPS) is 13.8. The highest BCUT2D eigenvalue weighted by Crippen LogP contribution is 2.36. The Morgan fingerprint density at radius 2 is 1.84 bits per heavy atom. The topological polar surface area (TPSA) is 52.2 Å². The average molecular weight is 467 g/mol. The predicted molar refractivity (Wildman–Crippen MR) is 134 cm³/mol. The van der Waals surface area contributed by atoms with E-state index in [0.29, 0.717) is 12.3 Å². The number of benzene rings is 1. The van der Waals surface area contributed by atoms with Gasteiger partial charge in [-0.2, -0.15) is 0 Å². The van der Waals surface area contributed by atoms with Crippen molar-refractivity contribution in [3.05, 3.63) is 56.7 Å². The summed E-state index contributed by atoms with van der Waals surface area (Å²) in [7, 11) is 0. The van der Waals surface area contributed by atoms with Gasteiger partial charge in [0.1, 0.15) is 4.83 Å². The van der Waals surface area contributed by atoms with Crippen LogP contribution in [0.3, 0.4) is 0 Å². The van der Waals surface area contributed by atoms with Crippen molar-refractivity contribution in [2.75, 3.05) is 5.75 Å². The zero-order valence-corrected chi connectivity index (χ0v) is 20.3. The van der Waals surface area contributed by atoms with Crippen LogP contribution in [0.25, 0.3) is 16.0 Å². The second kappa shape index (κ2) is 9.79. The van der Waals surface area contributed by atoms with Crippen molar-refractivity contribution in [2.24, 2.45) is 0 Å². The molecule has 168 valence electrons. The third kappa shape index (κ3) is 4.13. The number of hydrogen-bond acceptors (Lipinski definition) is 5. The minimum atomic E-state index is 0.0827. The number of nitrogens with zero attached hydrogens (tertiary/aromatic N) is 4. The lowest BCUT2D eigenvalue weighted by molar-refractivity contribution is 0.659. The fourth-order valence-electron chi connectivity index (χ4n) is 4.64. The van der Waals surface area contributed by atoms with E-state index in [1.54, 1.807) is 23.1 Å². The molecule has 0 radical (unpaired) electrons. The molecule has 0 atom stereocenters. The maximum atomic E-state index is 13.7. The number of rotatable bonds is 9. The van der Waals surface area contributed by atoms with E-state index >= 15 is 0 Å². The van der Waals surface area contributed by atoms with Crippen LogP contribution in [-0.2, 0) is 19.4 Å². The number of thiophene rings is 1. The summed E-state index contributed by atoms with van der Waals surface area (Å²) in [6.45, 7) is 2.77. The SMILES string of the molecule is CCCCCCCSc1nnc2n(Cc3ccccc3)c(=O)c3c4c(sc3n12)CCCC4. The van der Waals surface area contributed by atoms with Gasteiger partial charge in [-0.3, -0.25) is 9.36 Å². The molecule has 5 nitrogen and oxygen atoms in total. The van der Waals surface area contributed by atoms with Gasteiger partial charge < -0.3 is 0 Å². The fraction of sp³-hybridized carbons (Fsp3) is 0.480. The van der Waals surface area contributed by atoms with Gasteiger partial charge in [-0.05, 0) is 43.2 Å². The summed E-state index contributed by atoms with van der Waals surface area (Å²) >= 11 is 3.56. The van der Waals surface area contributed by atoms with E-state index in [0.717, 1.165) is 46.0 Å². The van der Waals surface area contributed by atoms with E-state index in [2.05, 4.69) is 33.7 Å². The highest BCUT2D eigenvalue weighted by Gasteiger charge is 2.25. The van der Waals surface area contributed by atoms with Crippen molar-refractivity contribution in [3.8, 4) is 0 Å². The molecule has 0 saturated carbocycles. The van der Waals surface area contributed by atoms with Crippen LogP contribution in [0, 0.1) is 0 Å². The molecule has 0 bridgehead atoms. The molecule has 0 fully saturated rings. The summed E-state index contributed by atoms with van der Waals surface area (Å²) in [6, 6.07) is 10.2. The van der Waals surface area contributed by atoms with E-state index in [4.69, 9.17) is 0 Å². The Labute approximate surface area is 196 Å². The monoisotopic (exact) mass is 466 g/mol. The summed E-state index contributed by atoms with van der Waals surface area (Å²) in [4.78, 5) is 16.2. The van der Waals surface area contributed by atoms with Crippen molar-refractivity contribution < 1.29 is 0 Å². The molecule has 32 heavy (non-hydrogen) atoms. The second-order valence-corrected chi connectivity index (χ2v) is 10.8. The molecule has 0 unspecified atom stereocenters. The molecular formula is C25H30N4OS2. The van der Waals surface area contributed by atoms with Crippen LogP contribution in [0.4, 0.5) is 0 Å². The molecule has 1 aromatic carbocycles. The number of thioether (sulfide) groups is 1. The van der Waals surface area contributed by atoms with Crippen molar-refractivity contribution in [3.63, 3.8) is 0 Å². The molecule has 3 aromatic heterocycles. The molecule has 4 aromatic rings. The van der Waals surface area contributed by atoms with Gasteiger partial charge >= 0.3 is 0 Å². The maximum absolute atomic E-state index is 13.7. The summed E-state index contributed by atoms with van der Waals surface area (Å²) < 4.78 is 4.00. The molecule has 3 heterocycles. The molecule has 1 aliphatic rings. The van der Waals surface area contributed by atoms with E-state index in [-0.39, 0.29) is 5.56 Å². The smallest absolute Gasteiger partial charge is 0.264 e. The van der Waals surface area contributed by atoms with Crippen molar-refractivity contribution in [2.45, 2.75) is 76.4 Å². The Morgan fingerprint density at radius 1 is 1.03 bits per heavy atom. The Hall–Kier alpha value is -2.12. The lowest BCUT2D eigenvalue weighted by Gasteiger charge is -2.12. The maximum Gasteiger partial charge on any atom is 0.264 e. The first-order chi connectivity index (χ1) is 15.8. The van der Waals surface area contributed by atoms with Gasteiger partial charge in [0.2, 0.25) is 5.78 Å². The van der Waals surface area contributed by atoms with E-state index in [9.17, 15) is 4.79 Å². The molecule has 0 saturated heterocycles. The lowest BCUT2D eigenvalue weighted by Crippen LogP contribution is -2.24. The van der Waals surface area contributed by atoms with Crippen LogP contribution in [0.5, 0.6) is 0 Å². The zero-order chi connectivity index (χ0) is 21.9. The number of aromatic nitrogens is 4. The molecule has 0 aliphatic heterocycles. The summed E-state index contributed by atoms with van der Waals surface area (Å²) in [6.07, 6.45) is 10.8. The largest absolute Gasteiger partial charge is 0.272 e. The predicted octanol–water partition coefficient (Wildman–Crippen LogP) is 6.10. The van der Waals surface area contributed by atoms with E-state index in [1.807, 2.05) is 22.8 Å². The number of fused-ring (bicyclic) bond motifs is 5. The average Bonchev–Trinajstić information content (AvgIpc) is 3.41. The van der Waals surface area contributed by atoms with Crippen molar-refractivity contribution in [1.29, 1.82) is 0 Å². The number of unbranched alkanes of at least 4 members (excludes halogenated alkanes) is 4. The van der Waals surface area contributed by atoms with Gasteiger partial charge in [0.15, 0.2) is 5.16 Å². The molecule has 5 rings (SSSR count). The summed E-state index contributed by atoms with van der Waals surface area (Å²) in [5.74, 6) is 1.70. The van der Waals surface area contributed by atoms with Gasteiger partial charge in [0.25, 0.3) is 5.56 Å². The van der Waals surface area contributed by atoms with Crippen molar-refractivity contribution in [1.82, 2.24) is 19.2 Å². The van der Waals surface area contributed by atoms with Gasteiger partial charge in [0, 0.05) is 10.6 Å². The van der Waals surface area contributed by atoms with Crippen LogP contribution in [-0.4, -0.2) is 24.9 Å². The third-order valence-corrected chi connectivity index (χ3v) is 8.63. The second-order valence-electron chi connectivity index (χ2n) is 8.65. The van der Waals surface area contributed by atoms with Crippen molar-refractivity contribution >= 4 is 39.1 Å². The minimum absolute atomic E-state index is 0.0827. The highest BCUT2D eigenvalue weighted by molar-refractivity contribution is 7.99. The molecule has 0 N–H and O–H groups in total. The first-order valence-electron chi connectivity index (χ1n) is 11.9. The summed E-state index contributed by atoms with van der Waals surface area (Å²) in [5.41, 5.74) is 2.46. The number of hydrogen-bond donors (Lipinski definition) is 0. The van der Waals surface area contributed by atoms with Gasteiger partial charge in [-0.1, -0.05) is 74.7 Å².